The van der Waals surface area contributed by atoms with Crippen molar-refractivity contribution in [2.24, 2.45) is 15.9 Å². The Kier molecular flexibility index (Phi) is 29.9. The largest absolute Gasteiger partial charge is 0.240 e. The lowest BCUT2D eigenvalue weighted by molar-refractivity contribution is 0.324. The minimum absolute atomic E-state index is 0.623. The molecule has 1 aliphatic rings. The maximum Gasteiger partial charge on any atom is 0.240 e. The van der Waals surface area contributed by atoms with E-state index in [1.807, 2.05) is 12.4 Å². The summed E-state index contributed by atoms with van der Waals surface area (Å²) in [5.74, 6) is 1.40. The molecule has 0 saturated heterocycles. The standard InChI is InChI=1S/C47H83N2/c1-3-5-7-9-11-13-15-17-19-21-23-25-27-29-32-36-44(46(45-38-34-31-35-39-45)40-41-47-48-42-43-49-47)37-33-30-28-26-24-22-20-18-16-14-12-10-8-6-4-2/h31,34-35,38-39,42-44,46H,3-30,32-33,36-37,40-41H2,1-2H3/q+1. The highest BCUT2D eigenvalue weighted by Crippen LogP contribution is 2.38. The van der Waals surface area contributed by atoms with Gasteiger partial charge in [-0.2, -0.15) is 0 Å². The van der Waals surface area contributed by atoms with Gasteiger partial charge in [0.05, 0.1) is 6.42 Å². The Bertz CT molecular complexity index is 814. The zero-order valence-electron chi connectivity index (χ0n) is 33.1. The van der Waals surface area contributed by atoms with Crippen molar-refractivity contribution < 1.29 is 0 Å². The van der Waals surface area contributed by atoms with Crippen LogP contribution >= 0.6 is 0 Å². The summed E-state index contributed by atoms with van der Waals surface area (Å²) >= 11 is 0. The molecule has 2 nitrogen and oxygen atoms in total. The van der Waals surface area contributed by atoms with Gasteiger partial charge in [0.25, 0.3) is 0 Å². The number of unbranched alkanes of at least 4 members (excludes halogenated alkanes) is 28. The van der Waals surface area contributed by atoms with Gasteiger partial charge in [0.1, 0.15) is 0 Å². The molecule has 0 radical (unpaired) electrons. The maximum atomic E-state index is 4.52. The van der Waals surface area contributed by atoms with Crippen molar-refractivity contribution in [3.05, 3.63) is 42.1 Å². The minimum Gasteiger partial charge on any atom is -0.0968 e. The van der Waals surface area contributed by atoms with Crippen LogP contribution in [0.4, 0.5) is 0 Å². The third kappa shape index (κ3) is 25.1. The van der Waals surface area contributed by atoms with Crippen LogP contribution < -0.4 is 0 Å². The minimum atomic E-state index is 0.623. The van der Waals surface area contributed by atoms with E-state index in [1.54, 1.807) is 5.56 Å². The van der Waals surface area contributed by atoms with Crippen LogP contribution in [0.15, 0.2) is 40.3 Å². The Hall–Kier alpha value is -1.57. The zero-order chi connectivity index (χ0) is 34.7. The summed E-state index contributed by atoms with van der Waals surface area (Å²) in [5, 5.41) is 0. The van der Waals surface area contributed by atoms with Crippen LogP contribution in [0.3, 0.4) is 0 Å². The van der Waals surface area contributed by atoms with Crippen molar-refractivity contribution in [1.82, 2.24) is 0 Å². The third-order valence-corrected chi connectivity index (χ3v) is 11.3. The SMILES string of the molecule is CCCCCCCCCCCCCCCCCC(CCCCCCCCCCCCCCCCC)C(CC[C+]1N=CC=N1)c1ccccc1. The molecule has 0 bridgehead atoms. The highest BCUT2D eigenvalue weighted by molar-refractivity contribution is 6.18. The molecule has 0 saturated carbocycles. The highest BCUT2D eigenvalue weighted by Gasteiger charge is 2.26. The second kappa shape index (κ2) is 33.6. The predicted molar refractivity (Wildman–Crippen MR) is 221 cm³/mol. The molecule has 1 unspecified atom stereocenters. The highest BCUT2D eigenvalue weighted by atomic mass is 15.0. The molecule has 1 aromatic carbocycles. The van der Waals surface area contributed by atoms with Crippen molar-refractivity contribution in [3.63, 3.8) is 0 Å². The first-order chi connectivity index (χ1) is 24.3. The molecule has 49 heavy (non-hydrogen) atoms. The van der Waals surface area contributed by atoms with E-state index in [2.05, 4.69) is 54.2 Å². The first-order valence-corrected chi connectivity index (χ1v) is 22.3. The number of rotatable bonds is 37. The molecule has 1 atom stereocenters. The molecule has 2 rings (SSSR count). The van der Waals surface area contributed by atoms with E-state index in [4.69, 9.17) is 0 Å². The molecule has 0 spiro atoms. The molecular formula is C47H83N2+. The van der Waals surface area contributed by atoms with Gasteiger partial charge in [-0.3, -0.25) is 0 Å². The summed E-state index contributed by atoms with van der Waals surface area (Å²) in [6.45, 7) is 4.62. The molecule has 0 aromatic heterocycles. The quantitative estimate of drug-likeness (QED) is 0.0495. The second-order valence-electron chi connectivity index (χ2n) is 15.8. The van der Waals surface area contributed by atoms with E-state index in [0.717, 1.165) is 18.5 Å². The monoisotopic (exact) mass is 676 g/mol. The van der Waals surface area contributed by atoms with Crippen LogP contribution in [-0.2, 0) is 0 Å². The van der Waals surface area contributed by atoms with Gasteiger partial charge in [-0.05, 0) is 36.7 Å². The van der Waals surface area contributed by atoms with Crippen molar-refractivity contribution in [2.75, 3.05) is 0 Å². The molecule has 0 N–H and O–H groups in total. The number of hydrogen-bond acceptors (Lipinski definition) is 2. The molecule has 0 aliphatic carbocycles. The van der Waals surface area contributed by atoms with E-state index in [-0.39, 0.29) is 0 Å². The molecule has 280 valence electrons. The lowest BCUT2D eigenvalue weighted by Crippen LogP contribution is -2.15. The molecule has 1 aromatic rings. The summed E-state index contributed by atoms with van der Waals surface area (Å²) in [6.07, 6.45) is 52.9. The van der Waals surface area contributed by atoms with E-state index < -0.39 is 0 Å². The van der Waals surface area contributed by atoms with Gasteiger partial charge in [-0.15, -0.1) is 0 Å². The average molecular weight is 676 g/mol. The average Bonchev–Trinajstić information content (AvgIpc) is 3.65. The first kappa shape index (κ1) is 43.6. The fourth-order valence-corrected chi connectivity index (χ4v) is 8.16. The molecule has 0 amide bonds. The van der Waals surface area contributed by atoms with Gasteiger partial charge in [-0.25, -0.2) is 0 Å². The third-order valence-electron chi connectivity index (χ3n) is 11.3. The summed E-state index contributed by atoms with van der Waals surface area (Å²) in [5.41, 5.74) is 1.54. The Morgan fingerprint density at radius 3 is 1.08 bits per heavy atom. The topological polar surface area (TPSA) is 24.7 Å². The number of aliphatic imine (C=N–C) groups is 2. The van der Waals surface area contributed by atoms with Gasteiger partial charge in [-0.1, -0.05) is 247 Å². The normalized spacial score (nSPS) is 13.3. The Morgan fingerprint density at radius 1 is 0.408 bits per heavy atom. The Morgan fingerprint density at radius 2 is 0.735 bits per heavy atom. The van der Waals surface area contributed by atoms with E-state index >= 15 is 0 Å². The lowest BCUT2D eigenvalue weighted by Gasteiger charge is -2.28. The number of hydrogen-bond donors (Lipinski definition) is 0. The second-order valence-corrected chi connectivity index (χ2v) is 15.8. The van der Waals surface area contributed by atoms with Gasteiger partial charge in [0, 0.05) is 0 Å². The molecular weight excluding hydrogens is 593 g/mol. The molecule has 2 heteroatoms. The summed E-state index contributed by atoms with van der Waals surface area (Å²) < 4.78 is 0. The van der Waals surface area contributed by atoms with Crippen molar-refractivity contribution in [1.29, 1.82) is 0 Å². The summed E-state index contributed by atoms with van der Waals surface area (Å²) in [7, 11) is 0. The van der Waals surface area contributed by atoms with E-state index in [1.165, 1.54) is 212 Å². The predicted octanol–water partition coefficient (Wildman–Crippen LogP) is 16.3. The van der Waals surface area contributed by atoms with Crippen LogP contribution in [0.25, 0.3) is 0 Å². The molecule has 1 aliphatic heterocycles. The smallest absolute Gasteiger partial charge is 0.0968 e. The zero-order valence-corrected chi connectivity index (χ0v) is 33.1. The van der Waals surface area contributed by atoms with Crippen LogP contribution in [0.1, 0.15) is 244 Å². The van der Waals surface area contributed by atoms with Gasteiger partial charge >= 0.3 is 0 Å². The van der Waals surface area contributed by atoms with Crippen molar-refractivity contribution in [3.8, 4) is 0 Å². The summed E-state index contributed by atoms with van der Waals surface area (Å²) in [6, 6.07) is 11.5. The van der Waals surface area contributed by atoms with E-state index in [0.29, 0.717) is 5.92 Å². The van der Waals surface area contributed by atoms with Gasteiger partial charge in [0.15, 0.2) is 12.4 Å². The van der Waals surface area contributed by atoms with Crippen LogP contribution in [0.5, 0.6) is 0 Å². The van der Waals surface area contributed by atoms with Crippen molar-refractivity contribution in [2.45, 2.75) is 238 Å². The van der Waals surface area contributed by atoms with E-state index in [9.17, 15) is 0 Å². The van der Waals surface area contributed by atoms with Crippen molar-refractivity contribution >= 4 is 12.4 Å². The maximum absolute atomic E-state index is 4.52. The lowest BCUT2D eigenvalue weighted by atomic mass is 9.77. The van der Waals surface area contributed by atoms with Gasteiger partial charge < -0.3 is 0 Å². The van der Waals surface area contributed by atoms with Crippen LogP contribution in [-0.4, -0.2) is 12.4 Å². The van der Waals surface area contributed by atoms with Crippen LogP contribution in [0, 0.1) is 12.1 Å². The van der Waals surface area contributed by atoms with Gasteiger partial charge in [0.2, 0.25) is 6.17 Å². The Labute approximate surface area is 307 Å². The Balaban J connectivity index is 1.65. The summed E-state index contributed by atoms with van der Waals surface area (Å²) in [4.78, 5) is 9.04. The first-order valence-electron chi connectivity index (χ1n) is 22.3. The fourth-order valence-electron chi connectivity index (χ4n) is 8.16. The number of benzene rings is 1. The van der Waals surface area contributed by atoms with Crippen LogP contribution in [0.2, 0.25) is 0 Å². The number of nitrogens with zero attached hydrogens (tertiary/aromatic N) is 2. The molecule has 1 heterocycles. The molecule has 0 fully saturated rings. The fraction of sp³-hybridized carbons (Fsp3) is 0.809.